The first-order chi connectivity index (χ1) is 14.7. The molecule has 1 aromatic heterocycles. The zero-order chi connectivity index (χ0) is 22.9. The molecule has 2 aromatic carbocycles. The molecule has 0 saturated carbocycles. The smallest absolute Gasteiger partial charge is 0.200 e. The van der Waals surface area contributed by atoms with Crippen molar-refractivity contribution in [3.05, 3.63) is 74.3 Å². The summed E-state index contributed by atoms with van der Waals surface area (Å²) < 4.78 is 22.1. The van der Waals surface area contributed by atoms with Crippen molar-refractivity contribution in [2.24, 2.45) is 5.92 Å². The summed E-state index contributed by atoms with van der Waals surface area (Å²) in [6.07, 6.45) is 2.71. The van der Waals surface area contributed by atoms with Gasteiger partial charge in [-0.2, -0.15) is 0 Å². The summed E-state index contributed by atoms with van der Waals surface area (Å²) >= 11 is 5.93. The molecule has 0 spiro atoms. The lowest BCUT2D eigenvalue weighted by atomic mass is 9.97. The number of benzene rings is 2. The molecule has 0 aliphatic rings. The van der Waals surface area contributed by atoms with Crippen LogP contribution in [0.4, 0.5) is 4.39 Å². The molecule has 0 bridgehead atoms. The largest absolute Gasteiger partial charge is 0.496 e. The molecule has 0 aliphatic carbocycles. The van der Waals surface area contributed by atoms with Gasteiger partial charge in [-0.05, 0) is 42.5 Å². The van der Waals surface area contributed by atoms with E-state index in [1.54, 1.807) is 31.5 Å². The van der Waals surface area contributed by atoms with Crippen LogP contribution in [0.15, 0.2) is 41.3 Å². The van der Waals surface area contributed by atoms with E-state index < -0.39 is 5.82 Å². The lowest BCUT2D eigenvalue weighted by Crippen LogP contribution is -2.22. The van der Waals surface area contributed by atoms with Crippen molar-refractivity contribution in [2.45, 2.75) is 46.6 Å². The molecule has 4 nitrogen and oxygen atoms in total. The topological polar surface area (TPSA) is 48.3 Å². The summed E-state index contributed by atoms with van der Waals surface area (Å²) in [7, 11) is 1.55. The Labute approximate surface area is 186 Å². The molecule has 0 aliphatic heterocycles. The van der Waals surface area contributed by atoms with Crippen LogP contribution in [0.25, 0.3) is 10.9 Å². The molecule has 0 fully saturated rings. The second-order valence-corrected chi connectivity index (χ2v) is 8.53. The number of nitrogens with zero attached hydrogens (tertiary/aromatic N) is 1. The molecular formula is C25H27ClFNO3. The van der Waals surface area contributed by atoms with E-state index in [0.717, 1.165) is 6.42 Å². The molecule has 0 N–H and O–H groups in total. The highest BCUT2D eigenvalue weighted by Crippen LogP contribution is 2.32. The third-order valence-corrected chi connectivity index (χ3v) is 6.06. The maximum atomic E-state index is 14.5. The van der Waals surface area contributed by atoms with E-state index in [1.807, 2.05) is 10.6 Å². The number of pyridine rings is 1. The molecule has 3 rings (SSSR count). The van der Waals surface area contributed by atoms with Crippen molar-refractivity contribution in [2.75, 3.05) is 7.11 Å². The fourth-order valence-electron chi connectivity index (χ4n) is 4.15. The highest BCUT2D eigenvalue weighted by molar-refractivity contribution is 6.30. The van der Waals surface area contributed by atoms with E-state index in [2.05, 4.69) is 20.8 Å². The molecule has 1 heterocycles. The van der Waals surface area contributed by atoms with Gasteiger partial charge < -0.3 is 9.30 Å². The number of carbonyl (C=O) groups is 1. The first kappa shape index (κ1) is 23.0. The average molecular weight is 444 g/mol. The van der Waals surface area contributed by atoms with Crippen molar-refractivity contribution < 1.29 is 13.9 Å². The van der Waals surface area contributed by atoms with E-state index in [4.69, 9.17) is 16.3 Å². The standard InChI is InChI=1S/C25H27ClFNO3/c1-6-21(14(2)3)28-13-19(15(4)29)25(30)18-11-17(23(31-5)12-22(18)28)10-16-8-7-9-20(26)24(16)27/h7-9,11-14,21H,6,10H2,1-5H3/t21-/m1/s1. The Balaban J connectivity index is 2.32. The number of hydrogen-bond acceptors (Lipinski definition) is 3. The maximum absolute atomic E-state index is 14.5. The monoisotopic (exact) mass is 443 g/mol. The minimum Gasteiger partial charge on any atom is -0.496 e. The van der Waals surface area contributed by atoms with E-state index in [1.165, 1.54) is 13.0 Å². The Bertz CT molecular complexity index is 1200. The van der Waals surface area contributed by atoms with Crippen LogP contribution in [-0.2, 0) is 6.42 Å². The number of Topliss-reactive ketones (excluding diaryl/α,β-unsaturated/α-hetero) is 1. The Morgan fingerprint density at radius 2 is 1.94 bits per heavy atom. The Morgan fingerprint density at radius 1 is 1.23 bits per heavy atom. The number of aromatic nitrogens is 1. The van der Waals surface area contributed by atoms with Gasteiger partial charge in [-0.25, -0.2) is 4.39 Å². The van der Waals surface area contributed by atoms with Crippen molar-refractivity contribution in [3.8, 4) is 5.75 Å². The summed E-state index contributed by atoms with van der Waals surface area (Å²) in [5, 5.41) is 0.464. The van der Waals surface area contributed by atoms with Gasteiger partial charge in [0.15, 0.2) is 11.2 Å². The summed E-state index contributed by atoms with van der Waals surface area (Å²) in [5.74, 6) is 0.0699. The van der Waals surface area contributed by atoms with Crippen molar-refractivity contribution in [1.82, 2.24) is 4.57 Å². The number of ether oxygens (including phenoxy) is 1. The number of ketones is 1. The normalized spacial score (nSPS) is 12.4. The van der Waals surface area contributed by atoms with E-state index in [0.29, 0.717) is 33.7 Å². The van der Waals surface area contributed by atoms with Crippen LogP contribution in [0.5, 0.6) is 5.75 Å². The van der Waals surface area contributed by atoms with Gasteiger partial charge in [0.25, 0.3) is 0 Å². The maximum Gasteiger partial charge on any atom is 0.200 e. The van der Waals surface area contributed by atoms with Crippen molar-refractivity contribution >= 4 is 28.3 Å². The molecule has 0 amide bonds. The number of halogens is 2. The molecule has 0 radical (unpaired) electrons. The molecule has 0 saturated heterocycles. The number of carbonyl (C=O) groups excluding carboxylic acids is 1. The van der Waals surface area contributed by atoms with Gasteiger partial charge in [0, 0.05) is 30.1 Å². The summed E-state index contributed by atoms with van der Waals surface area (Å²) in [6.45, 7) is 7.70. The minimum absolute atomic E-state index is 0.0428. The van der Waals surface area contributed by atoms with E-state index in [-0.39, 0.29) is 34.3 Å². The number of hydrogen-bond donors (Lipinski definition) is 0. The fourth-order valence-corrected chi connectivity index (χ4v) is 4.35. The molecular weight excluding hydrogens is 417 g/mol. The third-order valence-electron chi connectivity index (χ3n) is 5.77. The summed E-state index contributed by atoms with van der Waals surface area (Å²) in [4.78, 5) is 25.4. The van der Waals surface area contributed by atoms with Gasteiger partial charge in [0.1, 0.15) is 11.6 Å². The van der Waals surface area contributed by atoms with Gasteiger partial charge in [-0.15, -0.1) is 0 Å². The lowest BCUT2D eigenvalue weighted by molar-refractivity contribution is 0.101. The quantitative estimate of drug-likeness (QED) is 0.408. The van der Waals surface area contributed by atoms with Crippen LogP contribution in [0.2, 0.25) is 5.02 Å². The second kappa shape index (κ2) is 9.23. The zero-order valence-electron chi connectivity index (χ0n) is 18.5. The van der Waals surface area contributed by atoms with Gasteiger partial charge in [-0.1, -0.05) is 44.5 Å². The molecule has 1 atom stereocenters. The van der Waals surface area contributed by atoms with Crippen molar-refractivity contribution in [3.63, 3.8) is 0 Å². The minimum atomic E-state index is -0.493. The summed E-state index contributed by atoms with van der Waals surface area (Å²) in [6, 6.07) is 8.45. The van der Waals surface area contributed by atoms with Gasteiger partial charge in [0.2, 0.25) is 0 Å². The first-order valence-corrected chi connectivity index (χ1v) is 10.8. The highest BCUT2D eigenvalue weighted by Gasteiger charge is 2.21. The van der Waals surface area contributed by atoms with Crippen LogP contribution in [-0.4, -0.2) is 17.5 Å². The second-order valence-electron chi connectivity index (χ2n) is 8.13. The van der Waals surface area contributed by atoms with E-state index >= 15 is 0 Å². The van der Waals surface area contributed by atoms with E-state index in [9.17, 15) is 14.0 Å². The highest BCUT2D eigenvalue weighted by atomic mass is 35.5. The average Bonchev–Trinajstić information content (AvgIpc) is 2.72. The molecule has 6 heteroatoms. The Hall–Kier alpha value is -2.66. The SMILES string of the molecule is CC[C@H](C(C)C)n1cc(C(C)=O)c(=O)c2cc(Cc3cccc(Cl)c3F)c(OC)cc21. The lowest BCUT2D eigenvalue weighted by Gasteiger charge is -2.26. The van der Waals surface area contributed by atoms with Crippen LogP contribution in [0.3, 0.4) is 0 Å². The van der Waals surface area contributed by atoms with Crippen LogP contribution in [0, 0.1) is 11.7 Å². The summed E-state index contributed by atoms with van der Waals surface area (Å²) in [5.41, 5.74) is 1.58. The zero-order valence-corrected chi connectivity index (χ0v) is 19.2. The third kappa shape index (κ3) is 4.38. The van der Waals surface area contributed by atoms with Crippen LogP contribution < -0.4 is 10.2 Å². The number of rotatable bonds is 7. The Kier molecular flexibility index (Phi) is 6.85. The van der Waals surface area contributed by atoms with Crippen LogP contribution in [0.1, 0.15) is 61.6 Å². The Morgan fingerprint density at radius 3 is 2.52 bits per heavy atom. The van der Waals surface area contributed by atoms with Crippen molar-refractivity contribution in [1.29, 1.82) is 0 Å². The molecule has 0 unspecified atom stereocenters. The predicted molar refractivity (Wildman–Crippen MR) is 123 cm³/mol. The van der Waals surface area contributed by atoms with Gasteiger partial charge in [-0.3, -0.25) is 9.59 Å². The molecule has 3 aromatic rings. The number of fused-ring (bicyclic) bond motifs is 1. The number of methoxy groups -OCH3 is 1. The van der Waals surface area contributed by atoms with Crippen LogP contribution >= 0.6 is 11.6 Å². The molecule has 31 heavy (non-hydrogen) atoms. The fraction of sp³-hybridized carbons (Fsp3) is 0.360. The first-order valence-electron chi connectivity index (χ1n) is 10.4. The van der Waals surface area contributed by atoms with Gasteiger partial charge >= 0.3 is 0 Å². The predicted octanol–water partition coefficient (Wildman–Crippen LogP) is 6.20. The van der Waals surface area contributed by atoms with Gasteiger partial charge in [0.05, 0.1) is 23.2 Å². The molecule has 164 valence electrons.